The maximum absolute atomic E-state index is 12.7. The number of hydrogen-bond acceptors (Lipinski definition) is 3. The molecule has 0 saturated heterocycles. The molecular weight excluding hydrogens is 388 g/mol. The van der Waals surface area contributed by atoms with Crippen molar-refractivity contribution in [2.24, 2.45) is 0 Å². The van der Waals surface area contributed by atoms with Gasteiger partial charge >= 0.3 is 11.4 Å². The number of halogens is 6. The zero-order valence-electron chi connectivity index (χ0n) is 15.6. The highest BCUT2D eigenvalue weighted by atomic mass is 32.2. The van der Waals surface area contributed by atoms with Crippen LogP contribution in [0.15, 0.2) is 0 Å². The summed E-state index contributed by atoms with van der Waals surface area (Å²) < 4.78 is 104. The van der Waals surface area contributed by atoms with Crippen LogP contribution in [0.25, 0.3) is 0 Å². The average Bonchev–Trinajstić information content (AvgIpc) is 2.52. The van der Waals surface area contributed by atoms with Crippen molar-refractivity contribution in [1.82, 2.24) is 0 Å². The van der Waals surface area contributed by atoms with E-state index in [2.05, 4.69) is 27.7 Å². The van der Waals surface area contributed by atoms with Crippen LogP contribution in [0.2, 0.25) is 0 Å². The van der Waals surface area contributed by atoms with Crippen molar-refractivity contribution in [3.63, 3.8) is 0 Å². The molecule has 4 nitrogen and oxygen atoms in total. The molecule has 26 heavy (non-hydrogen) atoms. The van der Waals surface area contributed by atoms with E-state index < -0.39 is 53.4 Å². The van der Waals surface area contributed by atoms with E-state index in [9.17, 15) is 39.3 Å². The molecule has 0 amide bonds. The zero-order valence-corrected chi connectivity index (χ0v) is 16.4. The summed E-state index contributed by atoms with van der Waals surface area (Å²) in [6, 6.07) is 0. The molecule has 0 bridgehead atoms. The SMILES string of the molecule is CC[N+](CC)(CC)CC.O=S(=O)([O-])C(F)(F)C(F)CCCCC(F)(F)F. The van der Waals surface area contributed by atoms with E-state index in [1.54, 1.807) is 0 Å². The van der Waals surface area contributed by atoms with Gasteiger partial charge in [-0.3, -0.25) is 0 Å². The van der Waals surface area contributed by atoms with Crippen molar-refractivity contribution < 1.29 is 43.8 Å². The number of hydrogen-bond donors (Lipinski definition) is 0. The molecule has 0 aromatic heterocycles. The molecule has 0 fully saturated rings. The van der Waals surface area contributed by atoms with Crippen molar-refractivity contribution in [1.29, 1.82) is 0 Å². The standard InChI is InChI=1S/C8H20N.C7H10F6O3S/c1-5-9(6-2,7-3)8-4;8-5(7(12,13)17(14,15)16)3-1-2-4-6(9,10)11/h5-8H2,1-4H3;5H,1-4H2,(H,14,15,16)/q+1;/p-1. The Hall–Kier alpha value is -0.550. The van der Waals surface area contributed by atoms with Gasteiger partial charge in [0.15, 0.2) is 16.3 Å². The van der Waals surface area contributed by atoms with Crippen molar-refractivity contribution in [3.8, 4) is 0 Å². The molecular formula is C15H29F6NO3S. The van der Waals surface area contributed by atoms with Crippen molar-refractivity contribution in [2.75, 3.05) is 26.2 Å². The monoisotopic (exact) mass is 417 g/mol. The van der Waals surface area contributed by atoms with Gasteiger partial charge in [0.2, 0.25) is 0 Å². The van der Waals surface area contributed by atoms with Crippen molar-refractivity contribution in [3.05, 3.63) is 0 Å². The average molecular weight is 417 g/mol. The summed E-state index contributed by atoms with van der Waals surface area (Å²) >= 11 is 0. The third-order valence-electron chi connectivity index (χ3n) is 4.55. The number of alkyl halides is 6. The Balaban J connectivity index is 0. The van der Waals surface area contributed by atoms with E-state index in [1.807, 2.05) is 0 Å². The summed E-state index contributed by atoms with van der Waals surface area (Å²) in [4.78, 5) is 0. The van der Waals surface area contributed by atoms with E-state index in [-0.39, 0.29) is 0 Å². The van der Waals surface area contributed by atoms with Crippen LogP contribution in [0.3, 0.4) is 0 Å². The minimum absolute atomic E-state index is 0.591. The molecule has 0 radical (unpaired) electrons. The second-order valence-corrected chi connectivity index (χ2v) is 7.40. The summed E-state index contributed by atoms with van der Waals surface area (Å²) in [7, 11) is -6.15. The summed E-state index contributed by atoms with van der Waals surface area (Å²) in [6.07, 6.45) is -11.4. The molecule has 0 aliphatic carbocycles. The van der Waals surface area contributed by atoms with Crippen LogP contribution in [-0.4, -0.2) is 61.2 Å². The Morgan fingerprint density at radius 2 is 1.27 bits per heavy atom. The highest BCUT2D eigenvalue weighted by molar-refractivity contribution is 7.86. The maximum atomic E-state index is 12.7. The molecule has 11 heteroatoms. The molecule has 160 valence electrons. The molecule has 1 atom stereocenters. The van der Waals surface area contributed by atoms with Crippen LogP contribution in [0, 0.1) is 0 Å². The van der Waals surface area contributed by atoms with Crippen molar-refractivity contribution in [2.45, 2.75) is 71.0 Å². The molecule has 0 aromatic rings. The molecule has 0 aliphatic rings. The Morgan fingerprint density at radius 3 is 1.50 bits per heavy atom. The van der Waals surface area contributed by atoms with Crippen LogP contribution in [0.5, 0.6) is 0 Å². The molecule has 0 heterocycles. The molecule has 0 rings (SSSR count). The first-order valence-corrected chi connectivity index (χ1v) is 9.92. The van der Waals surface area contributed by atoms with Gasteiger partial charge in [0.05, 0.1) is 26.2 Å². The van der Waals surface area contributed by atoms with E-state index in [0.717, 1.165) is 0 Å². The molecule has 0 aliphatic heterocycles. The van der Waals surface area contributed by atoms with Crippen LogP contribution < -0.4 is 0 Å². The van der Waals surface area contributed by atoms with E-state index in [1.165, 1.54) is 30.7 Å². The van der Waals surface area contributed by atoms with Gasteiger partial charge < -0.3 is 9.04 Å². The molecule has 0 N–H and O–H groups in total. The number of quaternary nitrogens is 1. The predicted octanol–water partition coefficient (Wildman–Crippen LogP) is 4.47. The fraction of sp³-hybridized carbons (Fsp3) is 1.00. The van der Waals surface area contributed by atoms with Crippen LogP contribution >= 0.6 is 0 Å². The molecule has 0 spiro atoms. The third-order valence-corrected chi connectivity index (χ3v) is 5.47. The third kappa shape index (κ3) is 9.96. The molecule has 0 saturated carbocycles. The lowest BCUT2D eigenvalue weighted by Crippen LogP contribution is -2.47. The highest BCUT2D eigenvalue weighted by Gasteiger charge is 2.46. The topological polar surface area (TPSA) is 57.2 Å². The number of nitrogens with zero attached hydrogens (tertiary/aromatic N) is 1. The van der Waals surface area contributed by atoms with E-state index >= 15 is 0 Å². The van der Waals surface area contributed by atoms with E-state index in [4.69, 9.17) is 0 Å². The minimum Gasteiger partial charge on any atom is -0.743 e. The maximum Gasteiger partial charge on any atom is 0.389 e. The fourth-order valence-electron chi connectivity index (χ4n) is 2.32. The summed E-state index contributed by atoms with van der Waals surface area (Å²) in [5.41, 5.74) is 0. The van der Waals surface area contributed by atoms with Gasteiger partial charge in [0.25, 0.3) is 0 Å². The Kier molecular flexibility index (Phi) is 12.1. The first kappa shape index (κ1) is 27.7. The predicted molar refractivity (Wildman–Crippen MR) is 86.5 cm³/mol. The van der Waals surface area contributed by atoms with Crippen molar-refractivity contribution >= 4 is 10.1 Å². The summed E-state index contributed by atoms with van der Waals surface area (Å²) in [6.45, 7) is 14.2. The molecule has 1 unspecified atom stereocenters. The Morgan fingerprint density at radius 1 is 0.885 bits per heavy atom. The molecule has 0 aromatic carbocycles. The fourth-order valence-corrected chi connectivity index (χ4v) is 2.75. The normalized spacial score (nSPS) is 14.6. The lowest BCUT2D eigenvalue weighted by atomic mass is 10.1. The minimum atomic E-state index is -6.15. The second-order valence-electron chi connectivity index (χ2n) is 5.95. The Bertz CT molecular complexity index is 461. The zero-order chi connectivity index (χ0) is 21.2. The summed E-state index contributed by atoms with van der Waals surface area (Å²) in [5.74, 6) is 0. The van der Waals surface area contributed by atoms with Gasteiger partial charge in [-0.2, -0.15) is 22.0 Å². The second kappa shape index (κ2) is 11.3. The van der Waals surface area contributed by atoms with Gasteiger partial charge in [-0.1, -0.05) is 0 Å². The lowest BCUT2D eigenvalue weighted by molar-refractivity contribution is -0.921. The smallest absolute Gasteiger partial charge is 0.389 e. The van der Waals surface area contributed by atoms with Gasteiger partial charge in [-0.05, 0) is 47.0 Å². The van der Waals surface area contributed by atoms with Crippen LogP contribution in [-0.2, 0) is 10.1 Å². The quantitative estimate of drug-likeness (QED) is 0.228. The number of unbranched alkanes of at least 4 members (excludes halogenated alkanes) is 1. The van der Waals surface area contributed by atoms with Gasteiger partial charge in [0, 0.05) is 6.42 Å². The first-order chi connectivity index (χ1) is 11.6. The highest BCUT2D eigenvalue weighted by Crippen LogP contribution is 2.31. The lowest BCUT2D eigenvalue weighted by Gasteiger charge is -2.34. The van der Waals surface area contributed by atoms with Crippen LogP contribution in [0.4, 0.5) is 26.3 Å². The van der Waals surface area contributed by atoms with Gasteiger partial charge in [-0.25, -0.2) is 12.8 Å². The summed E-state index contributed by atoms with van der Waals surface area (Å²) in [5, 5.41) is -5.11. The van der Waals surface area contributed by atoms with Crippen LogP contribution in [0.1, 0.15) is 53.4 Å². The van der Waals surface area contributed by atoms with Gasteiger partial charge in [-0.15, -0.1) is 0 Å². The largest absolute Gasteiger partial charge is 0.743 e. The van der Waals surface area contributed by atoms with E-state index in [0.29, 0.717) is 0 Å². The number of rotatable bonds is 10. The Labute approximate surface area is 151 Å². The van der Waals surface area contributed by atoms with Gasteiger partial charge in [0.1, 0.15) is 0 Å². The first-order valence-electron chi connectivity index (χ1n) is 8.51.